The summed E-state index contributed by atoms with van der Waals surface area (Å²) in [6, 6.07) is 1.76. The fourth-order valence-corrected chi connectivity index (χ4v) is 2.16. The van der Waals surface area contributed by atoms with E-state index in [2.05, 4.69) is 20.3 Å². The zero-order valence-electron chi connectivity index (χ0n) is 9.98. The highest BCUT2D eigenvalue weighted by Crippen LogP contribution is 2.22. The molecule has 0 radical (unpaired) electrons. The molecular weight excluding hydrogens is 268 g/mol. The van der Waals surface area contributed by atoms with Gasteiger partial charge in [0.2, 0.25) is 5.95 Å². The maximum absolute atomic E-state index is 5.59. The van der Waals surface area contributed by atoms with Gasteiger partial charge in [0.05, 0.1) is 17.6 Å². The minimum absolute atomic E-state index is 0.370. The quantitative estimate of drug-likeness (QED) is 0.712. The van der Waals surface area contributed by atoms with E-state index in [9.17, 15) is 0 Å². The fourth-order valence-electron chi connectivity index (χ4n) is 1.40. The molecule has 9 heteroatoms. The lowest BCUT2D eigenvalue weighted by molar-refractivity contribution is 0.424. The molecule has 0 saturated carbocycles. The molecule has 3 heterocycles. The summed E-state index contributed by atoms with van der Waals surface area (Å²) in [5.41, 5.74) is 6.35. The second kappa shape index (κ2) is 4.76. The molecule has 0 aliphatic rings. The average Bonchev–Trinajstić information content (AvgIpc) is 3.11. The number of anilines is 1. The molecule has 98 valence electrons. The third-order valence-electron chi connectivity index (χ3n) is 2.44. The van der Waals surface area contributed by atoms with Crippen LogP contribution in [0.3, 0.4) is 0 Å². The molecule has 0 spiro atoms. The number of nitrogens with two attached hydrogens (primary N) is 1. The normalized spacial score (nSPS) is 11.0. The van der Waals surface area contributed by atoms with Crippen LogP contribution in [0, 0.1) is 0 Å². The van der Waals surface area contributed by atoms with Crippen molar-refractivity contribution in [3.05, 3.63) is 24.4 Å². The topological polar surface area (TPSA) is 109 Å². The van der Waals surface area contributed by atoms with Crippen molar-refractivity contribution in [3.63, 3.8) is 0 Å². The van der Waals surface area contributed by atoms with E-state index in [0.29, 0.717) is 28.6 Å². The first kappa shape index (κ1) is 11.8. The van der Waals surface area contributed by atoms with Gasteiger partial charge in [0.1, 0.15) is 6.26 Å². The van der Waals surface area contributed by atoms with E-state index in [0.717, 1.165) is 5.56 Å². The van der Waals surface area contributed by atoms with Crippen LogP contribution in [0.4, 0.5) is 5.95 Å². The Morgan fingerprint density at radius 2 is 2.32 bits per heavy atom. The van der Waals surface area contributed by atoms with Gasteiger partial charge in [-0.05, 0) is 6.07 Å². The summed E-state index contributed by atoms with van der Waals surface area (Å²) in [6.45, 7) is 0. The minimum Gasteiger partial charge on any atom is -0.472 e. The number of rotatable bonds is 4. The number of furan rings is 1. The van der Waals surface area contributed by atoms with Gasteiger partial charge in [0.15, 0.2) is 11.0 Å². The van der Waals surface area contributed by atoms with E-state index >= 15 is 0 Å². The zero-order valence-corrected chi connectivity index (χ0v) is 10.8. The molecule has 0 fully saturated rings. The van der Waals surface area contributed by atoms with Crippen LogP contribution in [0.2, 0.25) is 0 Å². The van der Waals surface area contributed by atoms with Crippen LogP contribution >= 0.6 is 11.8 Å². The van der Waals surface area contributed by atoms with E-state index in [1.807, 2.05) is 0 Å². The third kappa shape index (κ3) is 2.32. The standard InChI is InChI=1S/C10H10N6O2S/c1-16-9(11)13-14-10(16)19-5-7-12-8(18-15-7)6-2-3-17-4-6/h2-4H,5H2,1H3,(H2,11,13). The Labute approximate surface area is 112 Å². The Balaban J connectivity index is 1.69. The lowest BCUT2D eigenvalue weighted by Crippen LogP contribution is -1.98. The van der Waals surface area contributed by atoms with Crippen molar-refractivity contribution in [3.8, 4) is 11.5 Å². The molecule has 3 rings (SSSR count). The van der Waals surface area contributed by atoms with Crippen LogP contribution in [0.1, 0.15) is 5.82 Å². The van der Waals surface area contributed by atoms with Crippen LogP contribution in [0.5, 0.6) is 0 Å². The zero-order chi connectivity index (χ0) is 13.2. The summed E-state index contributed by atoms with van der Waals surface area (Å²) in [5, 5.41) is 12.3. The Morgan fingerprint density at radius 3 is 3.00 bits per heavy atom. The van der Waals surface area contributed by atoms with Gasteiger partial charge < -0.3 is 14.7 Å². The van der Waals surface area contributed by atoms with E-state index in [4.69, 9.17) is 14.7 Å². The highest BCUT2D eigenvalue weighted by molar-refractivity contribution is 7.98. The van der Waals surface area contributed by atoms with Crippen molar-refractivity contribution >= 4 is 17.7 Å². The Hall–Kier alpha value is -2.29. The summed E-state index contributed by atoms with van der Waals surface area (Å²) in [6.07, 6.45) is 3.10. The number of nitrogens with zero attached hydrogens (tertiary/aromatic N) is 5. The predicted octanol–water partition coefficient (Wildman–Crippen LogP) is 1.33. The summed E-state index contributed by atoms with van der Waals surface area (Å²) < 4.78 is 11.8. The monoisotopic (exact) mass is 278 g/mol. The second-order valence-corrected chi connectivity index (χ2v) is 4.66. The summed E-state index contributed by atoms with van der Waals surface area (Å²) in [7, 11) is 1.80. The van der Waals surface area contributed by atoms with Crippen molar-refractivity contribution < 1.29 is 8.94 Å². The molecule has 0 unspecified atom stereocenters. The van der Waals surface area contributed by atoms with Crippen LogP contribution < -0.4 is 5.73 Å². The van der Waals surface area contributed by atoms with Crippen LogP contribution in [0.25, 0.3) is 11.5 Å². The van der Waals surface area contributed by atoms with Crippen molar-refractivity contribution in [2.75, 3.05) is 5.73 Å². The smallest absolute Gasteiger partial charge is 0.261 e. The van der Waals surface area contributed by atoms with E-state index in [1.54, 1.807) is 30.2 Å². The first-order valence-electron chi connectivity index (χ1n) is 5.37. The van der Waals surface area contributed by atoms with E-state index in [1.165, 1.54) is 11.8 Å². The molecule has 0 aliphatic heterocycles. The Bertz CT molecular complexity index is 674. The van der Waals surface area contributed by atoms with Gasteiger partial charge in [-0.3, -0.25) is 4.57 Å². The minimum atomic E-state index is 0.370. The lowest BCUT2D eigenvalue weighted by atomic mass is 10.3. The number of aromatic nitrogens is 5. The van der Waals surface area contributed by atoms with Gasteiger partial charge in [-0.1, -0.05) is 16.9 Å². The number of hydrogen-bond acceptors (Lipinski definition) is 8. The molecule has 0 aliphatic carbocycles. The fraction of sp³-hybridized carbons (Fsp3) is 0.200. The molecule has 0 amide bonds. The van der Waals surface area contributed by atoms with Crippen LogP contribution in [-0.4, -0.2) is 24.9 Å². The molecule has 3 aromatic heterocycles. The predicted molar refractivity (Wildman–Crippen MR) is 67.0 cm³/mol. The first-order valence-corrected chi connectivity index (χ1v) is 6.35. The van der Waals surface area contributed by atoms with Crippen molar-refractivity contribution in [1.82, 2.24) is 24.9 Å². The van der Waals surface area contributed by atoms with Gasteiger partial charge in [-0.15, -0.1) is 10.2 Å². The molecule has 2 N–H and O–H groups in total. The number of hydrogen-bond donors (Lipinski definition) is 1. The van der Waals surface area contributed by atoms with Crippen molar-refractivity contribution in [2.24, 2.45) is 7.05 Å². The molecule has 0 atom stereocenters. The van der Waals surface area contributed by atoms with Gasteiger partial charge in [-0.25, -0.2) is 0 Å². The highest BCUT2D eigenvalue weighted by atomic mass is 32.2. The van der Waals surface area contributed by atoms with Crippen LogP contribution in [0.15, 0.2) is 32.7 Å². The van der Waals surface area contributed by atoms with Gasteiger partial charge in [-0.2, -0.15) is 4.98 Å². The van der Waals surface area contributed by atoms with Crippen molar-refractivity contribution in [1.29, 1.82) is 0 Å². The maximum atomic E-state index is 5.59. The number of thioether (sulfide) groups is 1. The molecule has 0 aromatic carbocycles. The largest absolute Gasteiger partial charge is 0.472 e. The molecule has 0 bridgehead atoms. The van der Waals surface area contributed by atoms with E-state index in [-0.39, 0.29) is 0 Å². The van der Waals surface area contributed by atoms with Crippen LogP contribution in [-0.2, 0) is 12.8 Å². The van der Waals surface area contributed by atoms with Gasteiger partial charge in [0, 0.05) is 7.05 Å². The van der Waals surface area contributed by atoms with E-state index < -0.39 is 0 Å². The Morgan fingerprint density at radius 1 is 1.42 bits per heavy atom. The molecular formula is C10H10N6O2S. The third-order valence-corrected chi connectivity index (χ3v) is 3.45. The SMILES string of the molecule is Cn1c(N)nnc1SCc1noc(-c2ccoc2)n1. The van der Waals surface area contributed by atoms with Gasteiger partial charge >= 0.3 is 0 Å². The average molecular weight is 278 g/mol. The summed E-state index contributed by atoms with van der Waals surface area (Å²) >= 11 is 1.43. The number of nitrogen functional groups attached to an aromatic ring is 1. The molecule has 8 nitrogen and oxygen atoms in total. The summed E-state index contributed by atoms with van der Waals surface area (Å²) in [5.74, 6) is 1.90. The van der Waals surface area contributed by atoms with Crippen molar-refractivity contribution in [2.45, 2.75) is 10.9 Å². The molecule has 19 heavy (non-hydrogen) atoms. The second-order valence-electron chi connectivity index (χ2n) is 3.72. The molecule has 0 saturated heterocycles. The first-order chi connectivity index (χ1) is 9.24. The summed E-state index contributed by atoms with van der Waals surface area (Å²) in [4.78, 5) is 4.26. The molecule has 3 aromatic rings. The Kier molecular flexibility index (Phi) is 2.95. The maximum Gasteiger partial charge on any atom is 0.261 e. The van der Waals surface area contributed by atoms with Gasteiger partial charge in [0.25, 0.3) is 5.89 Å². The lowest BCUT2D eigenvalue weighted by Gasteiger charge is -1.97. The highest BCUT2D eigenvalue weighted by Gasteiger charge is 2.12.